The number of halogens is 2. The number of hydrogen-bond acceptors (Lipinski definition) is 6. The Balaban J connectivity index is 1.42. The number of aliphatic carboxylic acids is 1. The standard InChI is InChI=1S/C35H39F2NO6/c1-5-21-12-20(3)13-22(6-2)25(21)9-7-8-23(39)17-38-18-28(27-15-31-32(16-30(27)37)44-19-43-31)33(35(40)41)34(38)26-11-10-24(42-4)14-29(26)36/h10-16,28,33-34H,5-9,17-19H2,1-4H3,(H,40,41)/t28-,33-,34+/m1/s1. The number of benzene rings is 3. The number of Topliss-reactive ketones (excluding diaryl/α,β-unsaturated/α-hetero) is 1. The van der Waals surface area contributed by atoms with E-state index in [0.29, 0.717) is 12.2 Å². The van der Waals surface area contributed by atoms with Gasteiger partial charge in [0.25, 0.3) is 0 Å². The molecule has 1 fully saturated rings. The molecule has 9 heteroatoms. The van der Waals surface area contributed by atoms with Gasteiger partial charge in [0.2, 0.25) is 6.79 Å². The molecule has 1 N–H and O–H groups in total. The molecule has 2 aliphatic rings. The van der Waals surface area contributed by atoms with Gasteiger partial charge in [-0.25, -0.2) is 8.78 Å². The van der Waals surface area contributed by atoms with Gasteiger partial charge in [-0.05, 0) is 67.0 Å². The van der Waals surface area contributed by atoms with Crippen molar-refractivity contribution in [3.05, 3.63) is 87.5 Å². The highest BCUT2D eigenvalue weighted by Gasteiger charge is 2.49. The average molecular weight is 608 g/mol. The molecule has 0 radical (unpaired) electrons. The summed E-state index contributed by atoms with van der Waals surface area (Å²) in [7, 11) is 1.41. The highest BCUT2D eigenvalue weighted by atomic mass is 19.1. The van der Waals surface area contributed by atoms with Crippen molar-refractivity contribution in [2.45, 2.75) is 64.8 Å². The van der Waals surface area contributed by atoms with E-state index in [4.69, 9.17) is 14.2 Å². The van der Waals surface area contributed by atoms with Gasteiger partial charge in [-0.1, -0.05) is 37.6 Å². The number of fused-ring (bicyclic) bond motifs is 1. The smallest absolute Gasteiger partial charge is 0.309 e. The van der Waals surface area contributed by atoms with E-state index in [1.807, 2.05) is 0 Å². The number of carbonyl (C=O) groups excluding carboxylic acids is 1. The maximum absolute atomic E-state index is 15.5. The van der Waals surface area contributed by atoms with Crippen LogP contribution in [0.2, 0.25) is 0 Å². The van der Waals surface area contributed by atoms with Gasteiger partial charge in [0.05, 0.1) is 25.6 Å². The van der Waals surface area contributed by atoms with Crippen molar-refractivity contribution in [1.82, 2.24) is 4.90 Å². The third-order valence-electron chi connectivity index (χ3n) is 8.90. The van der Waals surface area contributed by atoms with Crippen LogP contribution in [-0.2, 0) is 28.9 Å². The summed E-state index contributed by atoms with van der Waals surface area (Å²) in [5.41, 5.74) is 5.36. The number of ether oxygens (including phenoxy) is 3. The zero-order valence-electron chi connectivity index (χ0n) is 25.6. The number of hydrogen-bond donors (Lipinski definition) is 1. The molecule has 44 heavy (non-hydrogen) atoms. The minimum Gasteiger partial charge on any atom is -0.497 e. The van der Waals surface area contributed by atoms with Gasteiger partial charge >= 0.3 is 5.97 Å². The molecule has 3 aromatic rings. The second-order valence-electron chi connectivity index (χ2n) is 11.6. The summed E-state index contributed by atoms with van der Waals surface area (Å²) in [5.74, 6) is -3.82. The quantitative estimate of drug-likeness (QED) is 0.249. The van der Waals surface area contributed by atoms with Crippen LogP contribution in [0.1, 0.15) is 72.0 Å². The Morgan fingerprint density at radius 2 is 1.64 bits per heavy atom. The lowest BCUT2D eigenvalue weighted by Gasteiger charge is -2.27. The second kappa shape index (κ2) is 13.3. The fourth-order valence-electron chi connectivity index (χ4n) is 6.86. The molecular weight excluding hydrogens is 568 g/mol. The zero-order valence-corrected chi connectivity index (χ0v) is 25.6. The monoisotopic (exact) mass is 607 g/mol. The Morgan fingerprint density at radius 1 is 0.977 bits per heavy atom. The molecule has 7 nitrogen and oxygen atoms in total. The number of ketones is 1. The van der Waals surface area contributed by atoms with Gasteiger partial charge in [0.15, 0.2) is 11.5 Å². The molecule has 0 aromatic heterocycles. The van der Waals surface area contributed by atoms with Crippen molar-refractivity contribution in [1.29, 1.82) is 0 Å². The first-order valence-electron chi connectivity index (χ1n) is 15.2. The highest BCUT2D eigenvalue weighted by Crippen LogP contribution is 2.49. The first-order chi connectivity index (χ1) is 21.1. The normalized spacial score (nSPS) is 19.4. The summed E-state index contributed by atoms with van der Waals surface area (Å²) in [6.45, 7) is 6.26. The number of rotatable bonds is 12. The van der Waals surface area contributed by atoms with E-state index in [-0.39, 0.29) is 54.7 Å². The summed E-state index contributed by atoms with van der Waals surface area (Å²) in [6.07, 6.45) is 3.51. The number of nitrogens with zero attached hydrogens (tertiary/aromatic N) is 1. The van der Waals surface area contributed by atoms with E-state index in [1.54, 1.807) is 11.0 Å². The van der Waals surface area contributed by atoms with Crippen LogP contribution in [-0.4, -0.2) is 48.8 Å². The van der Waals surface area contributed by atoms with Gasteiger partial charge in [0, 0.05) is 36.6 Å². The number of methoxy groups -OCH3 is 1. The summed E-state index contributed by atoms with van der Waals surface area (Å²) in [4.78, 5) is 27.9. The van der Waals surface area contributed by atoms with Crippen LogP contribution in [0.4, 0.5) is 8.78 Å². The van der Waals surface area contributed by atoms with Gasteiger partial charge in [-0.3, -0.25) is 14.5 Å². The Labute approximate surface area is 256 Å². The number of aryl methyl sites for hydroxylation is 3. The molecule has 0 saturated carbocycles. The van der Waals surface area contributed by atoms with Crippen LogP contribution in [0.15, 0.2) is 42.5 Å². The Bertz CT molecular complexity index is 1530. The Morgan fingerprint density at radius 3 is 2.25 bits per heavy atom. The predicted octanol–water partition coefficient (Wildman–Crippen LogP) is 6.57. The molecule has 234 valence electrons. The molecule has 0 bridgehead atoms. The van der Waals surface area contributed by atoms with E-state index in [1.165, 1.54) is 53.6 Å². The number of carbonyl (C=O) groups is 2. The molecule has 0 spiro atoms. The van der Waals surface area contributed by atoms with Crippen LogP contribution >= 0.6 is 0 Å². The largest absolute Gasteiger partial charge is 0.497 e. The number of carboxylic acid groups (broad SMARTS) is 1. The lowest BCUT2D eigenvalue weighted by molar-refractivity contribution is -0.143. The van der Waals surface area contributed by atoms with Crippen LogP contribution in [0.25, 0.3) is 0 Å². The van der Waals surface area contributed by atoms with Crippen molar-refractivity contribution in [3.63, 3.8) is 0 Å². The van der Waals surface area contributed by atoms with Crippen molar-refractivity contribution in [3.8, 4) is 17.2 Å². The molecule has 0 unspecified atom stereocenters. The predicted molar refractivity (Wildman–Crippen MR) is 162 cm³/mol. The lowest BCUT2D eigenvalue weighted by atomic mass is 9.82. The van der Waals surface area contributed by atoms with E-state index in [9.17, 15) is 14.7 Å². The topological polar surface area (TPSA) is 85.3 Å². The van der Waals surface area contributed by atoms with E-state index < -0.39 is 35.5 Å². The molecule has 1 saturated heterocycles. The van der Waals surface area contributed by atoms with Gasteiger partial charge in [0.1, 0.15) is 23.2 Å². The number of likely N-dealkylation sites (tertiary alicyclic amines) is 1. The van der Waals surface area contributed by atoms with Crippen LogP contribution in [0, 0.1) is 24.5 Å². The summed E-state index contributed by atoms with van der Waals surface area (Å²) in [5, 5.41) is 10.5. The Kier molecular flexibility index (Phi) is 9.53. The minimum atomic E-state index is -1.23. The maximum atomic E-state index is 15.5. The van der Waals surface area contributed by atoms with Gasteiger partial charge < -0.3 is 19.3 Å². The SMILES string of the molecule is CCc1cc(C)cc(CC)c1CCCC(=O)CN1C[C@H](c2cc3c(cc2F)OCO3)[C@@H](C(=O)O)[C@@H]1c1ccc(OC)cc1F. The fourth-order valence-corrected chi connectivity index (χ4v) is 6.86. The molecular formula is C35H39F2NO6. The average Bonchev–Trinajstić information content (AvgIpc) is 3.60. The zero-order chi connectivity index (χ0) is 31.5. The molecule has 0 aliphatic carbocycles. The molecule has 0 amide bonds. The van der Waals surface area contributed by atoms with Crippen molar-refractivity contribution < 1.29 is 37.7 Å². The second-order valence-corrected chi connectivity index (χ2v) is 11.6. The maximum Gasteiger partial charge on any atom is 0.309 e. The van der Waals surface area contributed by atoms with Crippen molar-refractivity contribution in [2.24, 2.45) is 5.92 Å². The van der Waals surface area contributed by atoms with Crippen LogP contribution in [0.3, 0.4) is 0 Å². The summed E-state index contributed by atoms with van der Waals surface area (Å²) < 4.78 is 46.8. The Hall–Kier alpha value is -3.98. The molecule has 2 aliphatic heterocycles. The molecule has 5 rings (SSSR count). The first-order valence-corrected chi connectivity index (χ1v) is 15.2. The third kappa shape index (κ3) is 6.29. The minimum absolute atomic E-state index is 0.0489. The van der Waals surface area contributed by atoms with Crippen LogP contribution in [0.5, 0.6) is 17.2 Å². The van der Waals surface area contributed by atoms with Crippen molar-refractivity contribution in [2.75, 3.05) is 27.0 Å². The molecule has 3 atom stereocenters. The van der Waals surface area contributed by atoms with Crippen molar-refractivity contribution >= 4 is 11.8 Å². The first kappa shape index (κ1) is 31.4. The molecule has 3 aromatic carbocycles. The third-order valence-corrected chi connectivity index (χ3v) is 8.90. The highest BCUT2D eigenvalue weighted by molar-refractivity contribution is 5.81. The van der Waals surface area contributed by atoms with Gasteiger partial charge in [-0.15, -0.1) is 0 Å². The van der Waals surface area contributed by atoms with E-state index in [2.05, 4.69) is 32.9 Å². The number of carboxylic acids is 1. The van der Waals surface area contributed by atoms with E-state index >= 15 is 8.78 Å². The van der Waals surface area contributed by atoms with E-state index in [0.717, 1.165) is 19.3 Å². The summed E-state index contributed by atoms with van der Waals surface area (Å²) in [6, 6.07) is 10.3. The molecule has 2 heterocycles. The fraction of sp³-hybridized carbons (Fsp3) is 0.429. The van der Waals surface area contributed by atoms with Crippen LogP contribution < -0.4 is 14.2 Å². The van der Waals surface area contributed by atoms with Gasteiger partial charge in [-0.2, -0.15) is 0 Å². The lowest BCUT2D eigenvalue weighted by Crippen LogP contribution is -2.33. The summed E-state index contributed by atoms with van der Waals surface area (Å²) >= 11 is 0.